The molecule has 1 aromatic carbocycles. The summed E-state index contributed by atoms with van der Waals surface area (Å²) in [6, 6.07) is 10.6. The molecule has 1 aromatic heterocycles. The molecule has 1 amide bonds. The van der Waals surface area contributed by atoms with E-state index in [0.29, 0.717) is 17.0 Å². The number of esters is 1. The molecule has 6 heteroatoms. The van der Waals surface area contributed by atoms with Crippen molar-refractivity contribution < 1.29 is 19.1 Å². The fourth-order valence-corrected chi connectivity index (χ4v) is 3.56. The second-order valence-corrected chi connectivity index (χ2v) is 7.24. The zero-order chi connectivity index (χ0) is 17.8. The molecule has 0 spiro atoms. The molecule has 0 N–H and O–H groups in total. The average molecular weight is 357 g/mol. The van der Waals surface area contributed by atoms with Gasteiger partial charge >= 0.3 is 5.97 Å². The monoisotopic (exact) mass is 357 g/mol. The summed E-state index contributed by atoms with van der Waals surface area (Å²) in [6.45, 7) is 2.66. The Labute approximate surface area is 150 Å². The molecule has 0 bridgehead atoms. The average Bonchev–Trinajstić information content (AvgIpc) is 3.22. The number of carbonyl (C=O) groups is 3. The van der Waals surface area contributed by atoms with Crippen LogP contribution >= 0.6 is 11.3 Å². The number of nitrogens with zero attached hydrogens (tertiary/aromatic N) is 1. The van der Waals surface area contributed by atoms with Gasteiger partial charge < -0.3 is 9.64 Å². The predicted octanol–water partition coefficient (Wildman–Crippen LogP) is 3.75. The highest BCUT2D eigenvalue weighted by Gasteiger charge is 2.21. The van der Waals surface area contributed by atoms with Gasteiger partial charge in [-0.1, -0.05) is 0 Å². The number of thiophene rings is 1. The van der Waals surface area contributed by atoms with E-state index in [9.17, 15) is 14.4 Å². The smallest absolute Gasteiger partial charge is 0.311 e. The van der Waals surface area contributed by atoms with Crippen LogP contribution in [0.3, 0.4) is 0 Å². The van der Waals surface area contributed by atoms with E-state index in [1.165, 1.54) is 11.3 Å². The molecule has 130 valence electrons. The largest absolute Gasteiger partial charge is 0.427 e. The zero-order valence-corrected chi connectivity index (χ0v) is 14.8. The lowest BCUT2D eigenvalue weighted by molar-refractivity contribution is -0.134. The number of hydrogen-bond donors (Lipinski definition) is 0. The summed E-state index contributed by atoms with van der Waals surface area (Å²) in [7, 11) is 0. The van der Waals surface area contributed by atoms with Gasteiger partial charge in [-0.3, -0.25) is 14.4 Å². The minimum atomic E-state index is -0.438. The molecule has 3 rings (SSSR count). The minimum absolute atomic E-state index is 0.0436. The molecule has 2 aromatic rings. The van der Waals surface area contributed by atoms with Gasteiger partial charge in [-0.15, -0.1) is 11.3 Å². The number of ether oxygens (including phenoxy) is 1. The Kier molecular flexibility index (Phi) is 5.28. The third-order valence-corrected chi connectivity index (χ3v) is 5.07. The second kappa shape index (κ2) is 7.61. The normalized spacial score (nSPS) is 14.0. The Hall–Kier alpha value is -2.47. The summed E-state index contributed by atoms with van der Waals surface area (Å²) in [5.41, 5.74) is 0.811. The van der Waals surface area contributed by atoms with Crippen molar-refractivity contribution in [3.8, 4) is 5.75 Å². The molecule has 0 saturated carbocycles. The fourth-order valence-electron chi connectivity index (χ4n) is 2.72. The van der Waals surface area contributed by atoms with Crippen LogP contribution in [0, 0.1) is 6.92 Å². The standard InChI is InChI=1S/C19H19NO4S/c1-13-4-10-17(25-13)16(21)9-11-19(23)24-15-7-5-14(6-8-15)20-12-2-3-18(20)22/h4-8,10H,2-3,9,11-12H2,1H3. The van der Waals surface area contributed by atoms with Gasteiger partial charge in [-0.2, -0.15) is 0 Å². The molecule has 25 heavy (non-hydrogen) atoms. The number of hydrogen-bond acceptors (Lipinski definition) is 5. The lowest BCUT2D eigenvalue weighted by Gasteiger charge is -2.15. The van der Waals surface area contributed by atoms with Crippen molar-refractivity contribution >= 4 is 34.7 Å². The molecule has 1 saturated heterocycles. The summed E-state index contributed by atoms with van der Waals surface area (Å²) in [6.07, 6.45) is 1.63. The van der Waals surface area contributed by atoms with Crippen molar-refractivity contribution in [1.82, 2.24) is 0 Å². The van der Waals surface area contributed by atoms with Gasteiger partial charge in [0, 0.05) is 30.0 Å². The highest BCUT2D eigenvalue weighted by Crippen LogP contribution is 2.24. The van der Waals surface area contributed by atoms with E-state index in [0.717, 1.165) is 23.5 Å². The molecule has 0 radical (unpaired) electrons. The molecular formula is C19H19NO4S. The van der Waals surface area contributed by atoms with Crippen LogP contribution in [0.15, 0.2) is 36.4 Å². The van der Waals surface area contributed by atoms with Crippen molar-refractivity contribution in [2.75, 3.05) is 11.4 Å². The summed E-state index contributed by atoms with van der Waals surface area (Å²) in [4.78, 5) is 39.1. The Bertz CT molecular complexity index is 794. The van der Waals surface area contributed by atoms with Crippen molar-refractivity contribution in [1.29, 1.82) is 0 Å². The summed E-state index contributed by atoms with van der Waals surface area (Å²) < 4.78 is 5.26. The van der Waals surface area contributed by atoms with Gasteiger partial charge in [0.1, 0.15) is 5.75 Å². The first kappa shape index (κ1) is 17.4. The van der Waals surface area contributed by atoms with Crippen molar-refractivity contribution in [3.05, 3.63) is 46.2 Å². The van der Waals surface area contributed by atoms with E-state index < -0.39 is 5.97 Å². The SMILES string of the molecule is Cc1ccc(C(=O)CCC(=O)Oc2ccc(N3CCCC3=O)cc2)s1. The summed E-state index contributed by atoms with van der Waals surface area (Å²) in [5.74, 6) is 0.0523. The highest BCUT2D eigenvalue weighted by molar-refractivity contribution is 7.14. The topological polar surface area (TPSA) is 63.7 Å². The Morgan fingerprint density at radius 3 is 2.48 bits per heavy atom. The Morgan fingerprint density at radius 2 is 1.88 bits per heavy atom. The van der Waals surface area contributed by atoms with E-state index in [2.05, 4.69) is 0 Å². The lowest BCUT2D eigenvalue weighted by atomic mass is 10.2. The third-order valence-electron chi connectivity index (χ3n) is 4.02. The first-order chi connectivity index (χ1) is 12.0. The maximum absolute atomic E-state index is 12.0. The van der Waals surface area contributed by atoms with E-state index in [1.54, 1.807) is 35.2 Å². The van der Waals surface area contributed by atoms with Crippen LogP contribution in [-0.2, 0) is 9.59 Å². The Balaban J connectivity index is 1.51. The van der Waals surface area contributed by atoms with Gasteiger partial charge in [0.25, 0.3) is 0 Å². The predicted molar refractivity (Wildman–Crippen MR) is 96.3 cm³/mol. The van der Waals surface area contributed by atoms with Crippen LogP contribution in [-0.4, -0.2) is 24.2 Å². The van der Waals surface area contributed by atoms with Gasteiger partial charge in [0.15, 0.2) is 5.78 Å². The molecular weight excluding hydrogens is 338 g/mol. The van der Waals surface area contributed by atoms with Crippen LogP contribution < -0.4 is 9.64 Å². The molecule has 5 nitrogen and oxygen atoms in total. The van der Waals surface area contributed by atoms with Gasteiger partial charge in [0.05, 0.1) is 11.3 Å². The minimum Gasteiger partial charge on any atom is -0.427 e. The van der Waals surface area contributed by atoms with Crippen LogP contribution in [0.5, 0.6) is 5.75 Å². The number of aryl methyl sites for hydroxylation is 1. The van der Waals surface area contributed by atoms with Crippen molar-refractivity contribution in [2.45, 2.75) is 32.6 Å². The van der Waals surface area contributed by atoms with E-state index >= 15 is 0 Å². The van der Waals surface area contributed by atoms with Crippen molar-refractivity contribution in [2.24, 2.45) is 0 Å². The number of Topliss-reactive ketones (excluding diaryl/α,β-unsaturated/α-hetero) is 1. The molecule has 1 fully saturated rings. The molecule has 1 aliphatic rings. The van der Waals surface area contributed by atoms with Gasteiger partial charge in [-0.05, 0) is 49.7 Å². The number of rotatable bonds is 6. The molecule has 0 unspecified atom stereocenters. The number of amides is 1. The second-order valence-electron chi connectivity index (χ2n) is 5.95. The number of benzene rings is 1. The molecule has 2 heterocycles. The van der Waals surface area contributed by atoms with Gasteiger partial charge in [-0.25, -0.2) is 0 Å². The highest BCUT2D eigenvalue weighted by atomic mass is 32.1. The molecule has 1 aliphatic heterocycles. The number of carbonyl (C=O) groups excluding carboxylic acids is 3. The first-order valence-electron chi connectivity index (χ1n) is 8.24. The van der Waals surface area contributed by atoms with E-state index in [4.69, 9.17) is 4.74 Å². The molecule has 0 atom stereocenters. The maximum atomic E-state index is 12.0. The van der Waals surface area contributed by atoms with E-state index in [-0.39, 0.29) is 24.5 Å². The van der Waals surface area contributed by atoms with Crippen LogP contribution in [0.2, 0.25) is 0 Å². The summed E-state index contributed by atoms with van der Waals surface area (Å²) >= 11 is 1.43. The number of ketones is 1. The first-order valence-corrected chi connectivity index (χ1v) is 9.05. The number of anilines is 1. The Morgan fingerprint density at radius 1 is 1.12 bits per heavy atom. The van der Waals surface area contributed by atoms with E-state index in [1.807, 2.05) is 13.0 Å². The van der Waals surface area contributed by atoms with Crippen molar-refractivity contribution in [3.63, 3.8) is 0 Å². The van der Waals surface area contributed by atoms with Crippen LogP contribution in [0.1, 0.15) is 40.2 Å². The van der Waals surface area contributed by atoms with Gasteiger partial charge in [0.2, 0.25) is 5.91 Å². The fraction of sp³-hybridized carbons (Fsp3) is 0.316. The lowest BCUT2D eigenvalue weighted by Crippen LogP contribution is -2.23. The van der Waals surface area contributed by atoms with Crippen LogP contribution in [0.25, 0.3) is 0 Å². The quantitative estimate of drug-likeness (QED) is 0.449. The zero-order valence-electron chi connectivity index (χ0n) is 14.0. The third kappa shape index (κ3) is 4.33. The van der Waals surface area contributed by atoms with Crippen LogP contribution in [0.4, 0.5) is 5.69 Å². The molecule has 0 aliphatic carbocycles. The maximum Gasteiger partial charge on any atom is 0.311 e. The summed E-state index contributed by atoms with van der Waals surface area (Å²) in [5, 5.41) is 0.